The van der Waals surface area contributed by atoms with Crippen molar-refractivity contribution < 1.29 is 32.9 Å². The van der Waals surface area contributed by atoms with Crippen molar-refractivity contribution in [3.05, 3.63) is 36.5 Å². The van der Waals surface area contributed by atoms with Crippen LogP contribution in [-0.2, 0) is 18.4 Å². The van der Waals surface area contributed by atoms with Crippen LogP contribution < -0.4 is 10.2 Å². The largest absolute Gasteiger partial charge is 0.756 e. The van der Waals surface area contributed by atoms with Crippen LogP contribution in [0.1, 0.15) is 386 Å². The molecule has 3 unspecified atom stereocenters. The van der Waals surface area contributed by atoms with E-state index in [1.54, 1.807) is 6.08 Å². The quantitative estimate of drug-likeness (QED) is 0.0272. The molecule has 0 heterocycles. The number of nitrogens with zero attached hydrogens (tertiary/aromatic N) is 1. The Labute approximate surface area is 525 Å². The second-order valence-corrected chi connectivity index (χ2v) is 28.4. The molecule has 3 atom stereocenters. The molecule has 0 fully saturated rings. The van der Waals surface area contributed by atoms with E-state index >= 15 is 0 Å². The summed E-state index contributed by atoms with van der Waals surface area (Å²) in [4.78, 5) is 25.6. The lowest BCUT2D eigenvalue weighted by Gasteiger charge is -2.29. The zero-order valence-electron chi connectivity index (χ0n) is 57.1. The summed E-state index contributed by atoms with van der Waals surface area (Å²) >= 11 is 0. The molecule has 0 rings (SSSR count). The average Bonchev–Trinajstić information content (AvgIpc) is 3.56. The van der Waals surface area contributed by atoms with Gasteiger partial charge in [0.05, 0.1) is 39.9 Å². The number of likely N-dealkylation sites (N-methyl/N-ethyl adjacent to an activating group) is 1. The number of allylic oxidation sites excluding steroid dienone is 5. The minimum atomic E-state index is -4.61. The highest BCUT2D eigenvalue weighted by molar-refractivity contribution is 7.45. The molecular weight excluding hydrogens is 1060 g/mol. The molecule has 1 amide bonds. The molecule has 0 saturated heterocycles. The standard InChI is InChI=1S/C75H147N2O6P/c1-6-8-10-12-14-16-18-20-22-24-26-28-30-32-33-34-35-36-37-38-39-40-41-42-43-45-47-49-51-53-55-57-59-61-63-65-67-69-75(79)76-73(72-83-84(80,81)82-71-70-77(3,4)5)74(78)68-66-64-62-60-58-56-54-52-50-48-46-44-31-29-27-25-23-21-19-17-15-13-11-9-7-2/h24,26,58,60,66,68,73-74,78H,6-23,25,27-57,59,61-65,67,69-72H2,1-5H3,(H-,76,79,80,81)/b26-24-,60-58+,68-66+. The van der Waals surface area contributed by atoms with Gasteiger partial charge in [-0.05, 0) is 57.8 Å². The second kappa shape index (κ2) is 66.1. The molecule has 84 heavy (non-hydrogen) atoms. The van der Waals surface area contributed by atoms with Gasteiger partial charge in [0.15, 0.2) is 0 Å². The normalized spacial score (nSPS) is 13.8. The summed E-state index contributed by atoms with van der Waals surface area (Å²) in [5.41, 5.74) is 0. The number of phosphoric acid groups is 1. The minimum absolute atomic E-state index is 0.00411. The number of unbranched alkanes of at least 4 members (excludes halogenated alkanes) is 53. The summed E-state index contributed by atoms with van der Waals surface area (Å²) < 4.78 is 23.5. The number of quaternary nitrogens is 1. The number of nitrogens with one attached hydrogen (secondary N) is 1. The van der Waals surface area contributed by atoms with Gasteiger partial charge >= 0.3 is 0 Å². The number of hydrogen-bond acceptors (Lipinski definition) is 6. The highest BCUT2D eigenvalue weighted by Crippen LogP contribution is 2.38. The van der Waals surface area contributed by atoms with Gasteiger partial charge < -0.3 is 28.8 Å². The van der Waals surface area contributed by atoms with E-state index in [0.29, 0.717) is 17.4 Å². The predicted molar refractivity (Wildman–Crippen MR) is 367 cm³/mol. The molecule has 0 aliphatic heterocycles. The first-order valence-corrected chi connectivity index (χ1v) is 38.8. The second-order valence-electron chi connectivity index (χ2n) is 27.0. The molecular formula is C75H147N2O6P. The summed E-state index contributed by atoms with van der Waals surface area (Å²) in [6, 6.07) is -0.903. The molecule has 8 nitrogen and oxygen atoms in total. The van der Waals surface area contributed by atoms with Crippen molar-refractivity contribution in [2.75, 3.05) is 40.9 Å². The third-order valence-corrected chi connectivity index (χ3v) is 18.3. The summed E-state index contributed by atoms with van der Waals surface area (Å²) in [5, 5.41) is 14.0. The van der Waals surface area contributed by atoms with E-state index in [0.717, 1.165) is 38.5 Å². The molecule has 0 spiro atoms. The Bertz CT molecular complexity index is 1460. The number of carbonyl (C=O) groups excluding carboxylic acids is 1. The lowest BCUT2D eigenvalue weighted by atomic mass is 10.0. The molecule has 498 valence electrons. The number of amides is 1. The monoisotopic (exact) mass is 1200 g/mol. The van der Waals surface area contributed by atoms with Gasteiger partial charge in [0.1, 0.15) is 13.2 Å². The first-order valence-electron chi connectivity index (χ1n) is 37.4. The summed E-state index contributed by atoms with van der Waals surface area (Å²) in [5.74, 6) is -0.199. The first kappa shape index (κ1) is 82.7. The van der Waals surface area contributed by atoms with Crippen LogP contribution >= 0.6 is 7.82 Å². The Balaban J connectivity index is 3.98. The number of rotatable bonds is 70. The zero-order valence-corrected chi connectivity index (χ0v) is 58.0. The van der Waals surface area contributed by atoms with Gasteiger partial charge in [-0.1, -0.05) is 359 Å². The SMILES string of the molecule is CCCCCCCCCC/C=C\CCCCCCCCCCCCCCCCCCCCCCCCCCCC(=O)NC(COP(=O)([O-])OCC[N+](C)(C)C)C(O)/C=C/CC/C=C/CCCCCCCCCCCCCCCCCCCCC. The Morgan fingerprint density at radius 2 is 0.667 bits per heavy atom. The Morgan fingerprint density at radius 1 is 0.405 bits per heavy atom. The predicted octanol–water partition coefficient (Wildman–Crippen LogP) is 23.4. The lowest BCUT2D eigenvalue weighted by molar-refractivity contribution is -0.870. The van der Waals surface area contributed by atoms with E-state index in [1.165, 1.54) is 327 Å². The molecule has 0 bridgehead atoms. The van der Waals surface area contributed by atoms with Crippen LogP contribution in [0.25, 0.3) is 0 Å². The maximum absolute atomic E-state index is 13.0. The molecule has 0 aromatic heterocycles. The van der Waals surface area contributed by atoms with Gasteiger partial charge in [-0.25, -0.2) is 0 Å². The van der Waals surface area contributed by atoms with Crippen LogP contribution in [0.15, 0.2) is 36.5 Å². The Kier molecular flexibility index (Phi) is 65.1. The molecule has 0 aromatic rings. The zero-order chi connectivity index (χ0) is 61.2. The fourth-order valence-electron chi connectivity index (χ4n) is 11.5. The molecule has 0 radical (unpaired) electrons. The third kappa shape index (κ3) is 68.2. The van der Waals surface area contributed by atoms with Crippen LogP contribution in [0.2, 0.25) is 0 Å². The minimum Gasteiger partial charge on any atom is -0.756 e. The van der Waals surface area contributed by atoms with Crippen LogP contribution in [0.3, 0.4) is 0 Å². The van der Waals surface area contributed by atoms with E-state index in [1.807, 2.05) is 27.2 Å². The first-order chi connectivity index (χ1) is 41.0. The highest BCUT2D eigenvalue weighted by atomic mass is 31.2. The molecule has 0 aliphatic carbocycles. The van der Waals surface area contributed by atoms with E-state index in [-0.39, 0.29) is 19.1 Å². The number of phosphoric ester groups is 1. The third-order valence-electron chi connectivity index (χ3n) is 17.3. The highest BCUT2D eigenvalue weighted by Gasteiger charge is 2.23. The van der Waals surface area contributed by atoms with Gasteiger partial charge in [-0.3, -0.25) is 9.36 Å². The molecule has 0 saturated carbocycles. The average molecular weight is 1200 g/mol. The molecule has 2 N–H and O–H groups in total. The van der Waals surface area contributed by atoms with Crippen molar-refractivity contribution >= 4 is 13.7 Å². The van der Waals surface area contributed by atoms with Crippen molar-refractivity contribution in [3.8, 4) is 0 Å². The van der Waals surface area contributed by atoms with Crippen molar-refractivity contribution in [2.24, 2.45) is 0 Å². The fraction of sp³-hybridized carbons (Fsp3) is 0.907. The molecule has 9 heteroatoms. The number of aliphatic hydroxyl groups is 1. The maximum Gasteiger partial charge on any atom is 0.268 e. The van der Waals surface area contributed by atoms with E-state index < -0.39 is 20.0 Å². The van der Waals surface area contributed by atoms with Gasteiger partial charge in [-0.2, -0.15) is 0 Å². The fourth-order valence-corrected chi connectivity index (χ4v) is 12.2. The smallest absolute Gasteiger partial charge is 0.268 e. The number of carbonyl (C=O) groups is 1. The summed E-state index contributed by atoms with van der Waals surface area (Å²) in [6.07, 6.45) is 88.7. The lowest BCUT2D eigenvalue weighted by Crippen LogP contribution is -2.45. The van der Waals surface area contributed by atoms with Crippen LogP contribution in [0.5, 0.6) is 0 Å². The summed E-state index contributed by atoms with van der Waals surface area (Å²) in [6.45, 7) is 4.69. The van der Waals surface area contributed by atoms with Gasteiger partial charge in [0.25, 0.3) is 7.82 Å². The molecule has 0 aliphatic rings. The summed E-state index contributed by atoms with van der Waals surface area (Å²) in [7, 11) is 1.26. The number of hydrogen-bond donors (Lipinski definition) is 2. The molecule has 0 aromatic carbocycles. The maximum atomic E-state index is 13.0. The van der Waals surface area contributed by atoms with Crippen LogP contribution in [0, 0.1) is 0 Å². The Morgan fingerprint density at radius 3 is 0.964 bits per heavy atom. The van der Waals surface area contributed by atoms with E-state index in [9.17, 15) is 19.4 Å². The van der Waals surface area contributed by atoms with Gasteiger partial charge in [-0.15, -0.1) is 0 Å². The Hall–Kier alpha value is -1.28. The topological polar surface area (TPSA) is 108 Å². The van der Waals surface area contributed by atoms with E-state index in [2.05, 4.69) is 43.5 Å². The van der Waals surface area contributed by atoms with Gasteiger partial charge in [0.2, 0.25) is 5.91 Å². The van der Waals surface area contributed by atoms with Crippen molar-refractivity contribution in [1.29, 1.82) is 0 Å². The van der Waals surface area contributed by atoms with Crippen molar-refractivity contribution in [3.63, 3.8) is 0 Å². The van der Waals surface area contributed by atoms with Crippen molar-refractivity contribution in [2.45, 2.75) is 398 Å². The van der Waals surface area contributed by atoms with E-state index in [4.69, 9.17) is 9.05 Å². The van der Waals surface area contributed by atoms with Gasteiger partial charge in [0, 0.05) is 6.42 Å². The van der Waals surface area contributed by atoms with Crippen LogP contribution in [-0.4, -0.2) is 68.5 Å². The number of aliphatic hydroxyl groups excluding tert-OH is 1. The van der Waals surface area contributed by atoms with Crippen LogP contribution in [0.4, 0.5) is 0 Å². The van der Waals surface area contributed by atoms with Crippen molar-refractivity contribution in [1.82, 2.24) is 5.32 Å².